The van der Waals surface area contributed by atoms with E-state index in [1.807, 2.05) is 0 Å². The fourth-order valence-electron chi connectivity index (χ4n) is 2.17. The zero-order valence-corrected chi connectivity index (χ0v) is 13.6. The Labute approximate surface area is 134 Å². The smallest absolute Gasteiger partial charge is 0.240 e. The maximum Gasteiger partial charge on any atom is 0.240 e. The summed E-state index contributed by atoms with van der Waals surface area (Å²) in [6.07, 6.45) is 0.126. The lowest BCUT2D eigenvalue weighted by molar-refractivity contribution is 0.414. The first-order valence-corrected chi connectivity index (χ1v) is 8.40. The van der Waals surface area contributed by atoms with Crippen molar-refractivity contribution >= 4 is 10.0 Å². The van der Waals surface area contributed by atoms with Crippen molar-refractivity contribution in [2.75, 3.05) is 13.7 Å². The fraction of sp³-hybridized carbons (Fsp3) is 0.250. The van der Waals surface area contributed by atoms with Crippen LogP contribution in [-0.4, -0.2) is 22.1 Å². The van der Waals surface area contributed by atoms with Crippen LogP contribution in [0.4, 0.5) is 8.78 Å². The number of aryl methyl sites for hydroxylation is 1. The van der Waals surface area contributed by atoms with Crippen molar-refractivity contribution in [1.29, 1.82) is 0 Å². The Morgan fingerprint density at radius 1 is 1.13 bits per heavy atom. The van der Waals surface area contributed by atoms with Gasteiger partial charge >= 0.3 is 0 Å². The van der Waals surface area contributed by atoms with E-state index in [9.17, 15) is 17.2 Å². The lowest BCUT2D eigenvalue weighted by Crippen LogP contribution is -2.26. The molecule has 0 atom stereocenters. The summed E-state index contributed by atoms with van der Waals surface area (Å²) in [6, 6.07) is 7.85. The molecule has 7 heteroatoms. The predicted octanol–water partition coefficient (Wildman–Crippen LogP) is 2.80. The van der Waals surface area contributed by atoms with Gasteiger partial charge in [-0.1, -0.05) is 6.07 Å². The maximum absolute atomic E-state index is 13.5. The van der Waals surface area contributed by atoms with Crippen molar-refractivity contribution in [3.8, 4) is 5.75 Å². The maximum atomic E-state index is 13.5. The molecule has 1 N–H and O–H groups in total. The lowest BCUT2D eigenvalue weighted by atomic mass is 10.1. The largest absolute Gasteiger partial charge is 0.497 e. The van der Waals surface area contributed by atoms with Crippen molar-refractivity contribution in [2.24, 2.45) is 0 Å². The number of benzene rings is 2. The Morgan fingerprint density at radius 2 is 1.87 bits per heavy atom. The van der Waals surface area contributed by atoms with Gasteiger partial charge in [-0.3, -0.25) is 0 Å². The van der Waals surface area contributed by atoms with Crippen molar-refractivity contribution in [3.63, 3.8) is 0 Å². The normalized spacial score (nSPS) is 11.5. The third-order valence-corrected chi connectivity index (χ3v) is 4.99. The lowest BCUT2D eigenvalue weighted by Gasteiger charge is -2.11. The molecule has 4 nitrogen and oxygen atoms in total. The van der Waals surface area contributed by atoms with Gasteiger partial charge in [0.15, 0.2) is 0 Å². The Kier molecular flexibility index (Phi) is 5.33. The molecular formula is C16H17F2NO3S. The summed E-state index contributed by atoms with van der Waals surface area (Å²) in [7, 11) is -2.21. The molecule has 0 fully saturated rings. The van der Waals surface area contributed by atoms with Crippen LogP contribution in [-0.2, 0) is 16.4 Å². The molecule has 0 amide bonds. The van der Waals surface area contributed by atoms with Gasteiger partial charge in [-0.15, -0.1) is 0 Å². The minimum Gasteiger partial charge on any atom is -0.497 e. The second kappa shape index (κ2) is 7.06. The second-order valence-corrected chi connectivity index (χ2v) is 6.75. The number of hydrogen-bond acceptors (Lipinski definition) is 3. The number of methoxy groups -OCH3 is 1. The number of sulfonamides is 1. The first-order valence-electron chi connectivity index (χ1n) is 6.92. The topological polar surface area (TPSA) is 55.4 Å². The first kappa shape index (κ1) is 17.4. The first-order chi connectivity index (χ1) is 10.8. The Balaban J connectivity index is 2.07. The minimum atomic E-state index is -3.71. The quantitative estimate of drug-likeness (QED) is 0.879. The molecule has 0 heterocycles. The second-order valence-electron chi connectivity index (χ2n) is 5.01. The van der Waals surface area contributed by atoms with Crippen LogP contribution >= 0.6 is 0 Å². The number of halogens is 2. The van der Waals surface area contributed by atoms with Crippen molar-refractivity contribution in [3.05, 3.63) is 59.2 Å². The van der Waals surface area contributed by atoms with Crippen molar-refractivity contribution < 1.29 is 21.9 Å². The number of rotatable bonds is 6. The molecule has 0 saturated carbocycles. The third kappa shape index (κ3) is 4.27. The van der Waals surface area contributed by atoms with E-state index in [0.29, 0.717) is 11.3 Å². The molecule has 0 aliphatic heterocycles. The van der Waals surface area contributed by atoms with Gasteiger partial charge in [-0.25, -0.2) is 21.9 Å². The van der Waals surface area contributed by atoms with E-state index in [0.717, 1.165) is 12.1 Å². The molecule has 0 saturated heterocycles. The van der Waals surface area contributed by atoms with E-state index in [1.54, 1.807) is 19.1 Å². The van der Waals surface area contributed by atoms with Crippen molar-refractivity contribution in [1.82, 2.24) is 4.72 Å². The van der Waals surface area contributed by atoms with E-state index in [4.69, 9.17) is 4.74 Å². The van der Waals surface area contributed by atoms with E-state index in [1.165, 1.54) is 19.2 Å². The molecule has 23 heavy (non-hydrogen) atoms. The Morgan fingerprint density at radius 3 is 2.48 bits per heavy atom. The van der Waals surface area contributed by atoms with E-state index in [2.05, 4.69) is 4.72 Å². The van der Waals surface area contributed by atoms with Crippen LogP contribution in [0.3, 0.4) is 0 Å². The van der Waals surface area contributed by atoms with Crippen molar-refractivity contribution in [2.45, 2.75) is 18.2 Å². The molecule has 124 valence electrons. The third-order valence-electron chi connectivity index (χ3n) is 3.37. The highest BCUT2D eigenvalue weighted by atomic mass is 32.2. The molecule has 0 unspecified atom stereocenters. The average molecular weight is 341 g/mol. The van der Waals surface area contributed by atoms with Gasteiger partial charge in [0.2, 0.25) is 10.0 Å². The van der Waals surface area contributed by atoms with Gasteiger partial charge in [0.05, 0.1) is 12.0 Å². The van der Waals surface area contributed by atoms with E-state index >= 15 is 0 Å². The van der Waals surface area contributed by atoms with Gasteiger partial charge in [0, 0.05) is 12.6 Å². The number of nitrogens with one attached hydrogen (secondary N) is 1. The van der Waals surface area contributed by atoms with Crippen LogP contribution in [0.5, 0.6) is 5.75 Å². The molecule has 0 aliphatic rings. The molecule has 0 bridgehead atoms. The molecule has 2 rings (SSSR count). The molecule has 0 aliphatic carbocycles. The molecule has 2 aromatic carbocycles. The van der Waals surface area contributed by atoms with Crippen LogP contribution in [0.25, 0.3) is 0 Å². The zero-order valence-electron chi connectivity index (χ0n) is 12.8. The summed E-state index contributed by atoms with van der Waals surface area (Å²) in [5.41, 5.74) is 0.797. The Bertz CT molecular complexity index is 807. The van der Waals surface area contributed by atoms with Gasteiger partial charge < -0.3 is 4.74 Å². The highest BCUT2D eigenvalue weighted by Crippen LogP contribution is 2.20. The van der Waals surface area contributed by atoms with Gasteiger partial charge in [0.25, 0.3) is 0 Å². The molecule has 0 spiro atoms. The summed E-state index contributed by atoms with van der Waals surface area (Å²) in [5.74, 6) is -0.791. The fourth-order valence-corrected chi connectivity index (χ4v) is 3.43. The molecule has 2 aromatic rings. The number of ether oxygens (including phenoxy) is 1. The summed E-state index contributed by atoms with van der Waals surface area (Å²) in [5, 5.41) is 0. The SMILES string of the molecule is COc1ccc(S(=O)(=O)NCCc2ccc(F)cc2F)c(C)c1. The van der Waals surface area contributed by atoms with Crippen LogP contribution in [0.1, 0.15) is 11.1 Å². The average Bonchev–Trinajstić information content (AvgIpc) is 2.49. The standard InChI is InChI=1S/C16H17F2NO3S/c1-11-9-14(22-2)5-6-16(11)23(20,21)19-8-7-12-3-4-13(17)10-15(12)18/h3-6,9-10,19H,7-8H2,1-2H3. The van der Waals surface area contributed by atoms with Crippen LogP contribution < -0.4 is 9.46 Å². The van der Waals surface area contributed by atoms with Crippen LogP contribution in [0.15, 0.2) is 41.3 Å². The summed E-state index contributed by atoms with van der Waals surface area (Å²) < 4.78 is 58.3. The molecule has 0 aromatic heterocycles. The van der Waals surface area contributed by atoms with E-state index in [-0.39, 0.29) is 23.4 Å². The number of hydrogen-bond donors (Lipinski definition) is 1. The zero-order chi connectivity index (χ0) is 17.0. The monoisotopic (exact) mass is 341 g/mol. The molecular weight excluding hydrogens is 324 g/mol. The van der Waals surface area contributed by atoms with E-state index < -0.39 is 21.7 Å². The van der Waals surface area contributed by atoms with Crippen LogP contribution in [0.2, 0.25) is 0 Å². The van der Waals surface area contributed by atoms with Crippen LogP contribution in [0, 0.1) is 18.6 Å². The highest BCUT2D eigenvalue weighted by molar-refractivity contribution is 7.89. The highest BCUT2D eigenvalue weighted by Gasteiger charge is 2.17. The van der Waals surface area contributed by atoms with Gasteiger partial charge in [-0.2, -0.15) is 0 Å². The predicted molar refractivity (Wildman–Crippen MR) is 83.0 cm³/mol. The minimum absolute atomic E-state index is 0.0103. The summed E-state index contributed by atoms with van der Waals surface area (Å²) in [6.45, 7) is 1.67. The summed E-state index contributed by atoms with van der Waals surface area (Å²) in [4.78, 5) is 0.137. The molecule has 0 radical (unpaired) electrons. The van der Waals surface area contributed by atoms with Gasteiger partial charge in [0.1, 0.15) is 17.4 Å². The van der Waals surface area contributed by atoms with Gasteiger partial charge in [-0.05, 0) is 48.7 Å². The Hall–Kier alpha value is -1.99. The summed E-state index contributed by atoms with van der Waals surface area (Å²) >= 11 is 0.